The highest BCUT2D eigenvalue weighted by Crippen LogP contribution is 2.26. The Labute approximate surface area is 84.3 Å². The average Bonchev–Trinajstić information content (AvgIpc) is 2.16. The van der Waals surface area contributed by atoms with E-state index in [4.69, 9.17) is 10.2 Å². The van der Waals surface area contributed by atoms with Crippen molar-refractivity contribution in [1.29, 1.82) is 0 Å². The molecule has 6 heteroatoms. The van der Waals surface area contributed by atoms with E-state index in [0.29, 0.717) is 0 Å². The van der Waals surface area contributed by atoms with Crippen LogP contribution in [0.5, 0.6) is 11.5 Å². The van der Waals surface area contributed by atoms with Crippen molar-refractivity contribution in [2.45, 2.75) is 0 Å². The molecule has 0 saturated heterocycles. The fourth-order valence-corrected chi connectivity index (χ4v) is 0.902. The van der Waals surface area contributed by atoms with E-state index in [1.807, 2.05) is 0 Å². The lowest BCUT2D eigenvalue weighted by Gasteiger charge is -2.06. The van der Waals surface area contributed by atoms with E-state index in [0.717, 1.165) is 12.1 Å². The number of carbonyl (C=O) groups is 2. The van der Waals surface area contributed by atoms with E-state index in [2.05, 4.69) is 4.74 Å². The first-order chi connectivity index (χ1) is 7.00. The number of carboxylic acids is 2. The predicted molar refractivity (Wildman–Crippen MR) is 48.2 cm³/mol. The van der Waals surface area contributed by atoms with Gasteiger partial charge in [-0.25, -0.2) is 9.59 Å². The molecule has 0 aromatic heterocycles. The SMILES string of the molecule is O=C(O)COc1cc(C(=O)O)ccc1O. The molecule has 0 atom stereocenters. The van der Waals surface area contributed by atoms with E-state index in [-0.39, 0.29) is 17.1 Å². The fourth-order valence-electron chi connectivity index (χ4n) is 0.902. The zero-order valence-corrected chi connectivity index (χ0v) is 7.51. The summed E-state index contributed by atoms with van der Waals surface area (Å²) in [5.74, 6) is -2.87. The van der Waals surface area contributed by atoms with E-state index in [1.165, 1.54) is 6.07 Å². The Balaban J connectivity index is 2.90. The van der Waals surface area contributed by atoms with Crippen LogP contribution in [0.3, 0.4) is 0 Å². The maximum atomic E-state index is 10.5. The van der Waals surface area contributed by atoms with Crippen LogP contribution >= 0.6 is 0 Å². The van der Waals surface area contributed by atoms with Crippen molar-refractivity contribution in [1.82, 2.24) is 0 Å². The number of carboxylic acid groups (broad SMARTS) is 2. The molecule has 80 valence electrons. The Kier molecular flexibility index (Phi) is 3.12. The first-order valence-electron chi connectivity index (χ1n) is 3.91. The summed E-state index contributed by atoms with van der Waals surface area (Å²) in [6, 6.07) is 3.37. The van der Waals surface area contributed by atoms with Crippen LogP contribution in [0.2, 0.25) is 0 Å². The number of aromatic carboxylic acids is 1. The Morgan fingerprint density at radius 1 is 1.27 bits per heavy atom. The van der Waals surface area contributed by atoms with Gasteiger partial charge in [-0.15, -0.1) is 0 Å². The molecular weight excluding hydrogens is 204 g/mol. The van der Waals surface area contributed by atoms with Crippen LogP contribution in [0.25, 0.3) is 0 Å². The zero-order chi connectivity index (χ0) is 11.4. The van der Waals surface area contributed by atoms with Gasteiger partial charge < -0.3 is 20.1 Å². The Morgan fingerprint density at radius 3 is 2.47 bits per heavy atom. The minimum absolute atomic E-state index is 0.0896. The Morgan fingerprint density at radius 2 is 1.93 bits per heavy atom. The second-order valence-corrected chi connectivity index (χ2v) is 2.67. The lowest BCUT2D eigenvalue weighted by Crippen LogP contribution is -2.10. The number of hydrogen-bond donors (Lipinski definition) is 3. The molecule has 0 saturated carbocycles. The van der Waals surface area contributed by atoms with Crippen LogP contribution in [-0.2, 0) is 4.79 Å². The molecule has 15 heavy (non-hydrogen) atoms. The van der Waals surface area contributed by atoms with Gasteiger partial charge in [0.05, 0.1) is 5.56 Å². The molecule has 0 spiro atoms. The second kappa shape index (κ2) is 4.32. The van der Waals surface area contributed by atoms with Crippen LogP contribution in [0.4, 0.5) is 0 Å². The normalized spacial score (nSPS) is 9.60. The minimum atomic E-state index is -1.21. The summed E-state index contributed by atoms with van der Waals surface area (Å²) >= 11 is 0. The Bertz CT molecular complexity index is 398. The van der Waals surface area contributed by atoms with Crippen LogP contribution in [0.15, 0.2) is 18.2 Å². The molecule has 1 aromatic carbocycles. The van der Waals surface area contributed by atoms with Crippen LogP contribution in [0.1, 0.15) is 10.4 Å². The number of hydrogen-bond acceptors (Lipinski definition) is 4. The fraction of sp³-hybridized carbons (Fsp3) is 0.111. The number of phenolic OH excluding ortho intramolecular Hbond substituents is 1. The average molecular weight is 212 g/mol. The smallest absolute Gasteiger partial charge is 0.341 e. The molecule has 3 N–H and O–H groups in total. The Hall–Kier alpha value is -2.24. The van der Waals surface area contributed by atoms with Gasteiger partial charge in [0.2, 0.25) is 0 Å². The maximum absolute atomic E-state index is 10.5. The van der Waals surface area contributed by atoms with Crippen molar-refractivity contribution in [3.8, 4) is 11.5 Å². The molecule has 0 radical (unpaired) electrons. The molecule has 0 unspecified atom stereocenters. The topological polar surface area (TPSA) is 104 Å². The first-order valence-corrected chi connectivity index (χ1v) is 3.91. The quantitative estimate of drug-likeness (QED) is 0.673. The summed E-state index contributed by atoms with van der Waals surface area (Å²) in [6.45, 7) is -0.642. The zero-order valence-electron chi connectivity index (χ0n) is 7.51. The van der Waals surface area contributed by atoms with Gasteiger partial charge in [0, 0.05) is 0 Å². The summed E-state index contributed by atoms with van der Waals surface area (Å²) in [5.41, 5.74) is -0.0896. The predicted octanol–water partition coefficient (Wildman–Crippen LogP) is 0.554. The number of aliphatic carboxylic acids is 1. The molecule has 0 fully saturated rings. The summed E-state index contributed by atoms with van der Waals surface area (Å²) in [7, 11) is 0. The maximum Gasteiger partial charge on any atom is 0.341 e. The largest absolute Gasteiger partial charge is 0.504 e. The highest BCUT2D eigenvalue weighted by molar-refractivity contribution is 5.88. The van der Waals surface area contributed by atoms with Crippen molar-refractivity contribution < 1.29 is 29.6 Å². The van der Waals surface area contributed by atoms with Crippen molar-refractivity contribution in [2.75, 3.05) is 6.61 Å². The summed E-state index contributed by atoms with van der Waals surface area (Å²) in [6.07, 6.45) is 0. The molecule has 1 rings (SSSR count). The van der Waals surface area contributed by atoms with Crippen molar-refractivity contribution in [3.63, 3.8) is 0 Å². The number of ether oxygens (including phenoxy) is 1. The van der Waals surface area contributed by atoms with E-state index < -0.39 is 18.5 Å². The van der Waals surface area contributed by atoms with Crippen molar-refractivity contribution >= 4 is 11.9 Å². The van der Waals surface area contributed by atoms with Gasteiger partial charge in [-0.1, -0.05) is 0 Å². The van der Waals surface area contributed by atoms with Gasteiger partial charge in [-0.05, 0) is 18.2 Å². The first kappa shape index (κ1) is 10.8. The molecule has 0 amide bonds. The summed E-state index contributed by atoms with van der Waals surface area (Å²) in [5, 5.41) is 26.2. The molecule has 0 aliphatic heterocycles. The van der Waals surface area contributed by atoms with Crippen LogP contribution in [0, 0.1) is 0 Å². The lowest BCUT2D eigenvalue weighted by molar-refractivity contribution is -0.139. The number of rotatable bonds is 4. The minimum Gasteiger partial charge on any atom is -0.504 e. The lowest BCUT2D eigenvalue weighted by atomic mass is 10.2. The standard InChI is InChI=1S/C9H8O6/c10-6-2-1-5(9(13)14)3-7(6)15-4-8(11)12/h1-3,10H,4H2,(H,11,12)(H,13,14). The molecule has 1 aromatic rings. The van der Waals surface area contributed by atoms with Crippen molar-refractivity contribution in [3.05, 3.63) is 23.8 Å². The van der Waals surface area contributed by atoms with Gasteiger partial charge in [-0.3, -0.25) is 0 Å². The summed E-state index contributed by atoms with van der Waals surface area (Å²) in [4.78, 5) is 20.7. The third-order valence-corrected chi connectivity index (χ3v) is 1.56. The van der Waals surface area contributed by atoms with Gasteiger partial charge >= 0.3 is 11.9 Å². The van der Waals surface area contributed by atoms with Crippen LogP contribution < -0.4 is 4.74 Å². The second-order valence-electron chi connectivity index (χ2n) is 2.67. The monoisotopic (exact) mass is 212 g/mol. The number of aromatic hydroxyl groups is 1. The van der Waals surface area contributed by atoms with Gasteiger partial charge in [-0.2, -0.15) is 0 Å². The molecule has 0 aliphatic carbocycles. The molecule has 0 bridgehead atoms. The van der Waals surface area contributed by atoms with E-state index in [9.17, 15) is 14.7 Å². The van der Waals surface area contributed by atoms with Gasteiger partial charge in [0.15, 0.2) is 18.1 Å². The highest BCUT2D eigenvalue weighted by atomic mass is 16.5. The molecule has 0 heterocycles. The number of phenols is 1. The third-order valence-electron chi connectivity index (χ3n) is 1.56. The van der Waals surface area contributed by atoms with E-state index >= 15 is 0 Å². The third kappa shape index (κ3) is 2.87. The van der Waals surface area contributed by atoms with Gasteiger partial charge in [0.1, 0.15) is 0 Å². The summed E-state index contributed by atoms with van der Waals surface area (Å²) < 4.78 is 4.68. The van der Waals surface area contributed by atoms with Gasteiger partial charge in [0.25, 0.3) is 0 Å². The molecular formula is C9H8O6. The highest BCUT2D eigenvalue weighted by Gasteiger charge is 2.09. The van der Waals surface area contributed by atoms with Crippen molar-refractivity contribution in [2.24, 2.45) is 0 Å². The van der Waals surface area contributed by atoms with Crippen LogP contribution in [-0.4, -0.2) is 33.9 Å². The molecule has 0 aliphatic rings. The molecule has 6 nitrogen and oxygen atoms in total. The number of benzene rings is 1. The van der Waals surface area contributed by atoms with E-state index in [1.54, 1.807) is 0 Å².